The second-order valence-corrected chi connectivity index (χ2v) is 6.66. The van der Waals surface area contributed by atoms with E-state index in [1.165, 1.54) is 0 Å². The topological polar surface area (TPSA) is 49.4 Å². The first-order valence-corrected chi connectivity index (χ1v) is 8.12. The highest BCUT2D eigenvalue weighted by Crippen LogP contribution is 2.23. The summed E-state index contributed by atoms with van der Waals surface area (Å²) in [6.07, 6.45) is 1.69. The number of halogens is 1. The lowest BCUT2D eigenvalue weighted by atomic mass is 9.96. The fraction of sp³-hybridized carbons (Fsp3) is 0.529. The predicted octanol–water partition coefficient (Wildman–Crippen LogP) is 3.48. The molecule has 4 nitrogen and oxygen atoms in total. The summed E-state index contributed by atoms with van der Waals surface area (Å²) in [4.78, 5) is 26.4. The van der Waals surface area contributed by atoms with E-state index in [0.717, 1.165) is 30.6 Å². The van der Waals surface area contributed by atoms with Crippen molar-refractivity contribution in [2.24, 2.45) is 11.8 Å². The number of aryl methyl sites for hydroxylation is 1. The van der Waals surface area contributed by atoms with Crippen LogP contribution < -0.4 is 5.32 Å². The summed E-state index contributed by atoms with van der Waals surface area (Å²) in [5.74, 6) is -0.0706. The third kappa shape index (κ3) is 4.01. The van der Waals surface area contributed by atoms with Gasteiger partial charge in [-0.2, -0.15) is 0 Å². The van der Waals surface area contributed by atoms with Crippen molar-refractivity contribution < 1.29 is 9.59 Å². The first kappa shape index (κ1) is 16.8. The number of likely N-dealkylation sites (tertiary alicyclic amines) is 1. The Balaban J connectivity index is 2.01. The van der Waals surface area contributed by atoms with Crippen molar-refractivity contribution in [1.82, 2.24) is 4.90 Å². The van der Waals surface area contributed by atoms with Gasteiger partial charge in [-0.15, -0.1) is 0 Å². The van der Waals surface area contributed by atoms with Crippen LogP contribution in [-0.2, 0) is 9.59 Å². The SMILES string of the molecule is Cc1cc(Cl)ccc1NC(=O)[C@@H]1CCCN(C(=O)C(C)C)C1. The van der Waals surface area contributed by atoms with Gasteiger partial charge in [0.1, 0.15) is 0 Å². The van der Waals surface area contributed by atoms with Crippen LogP contribution in [0.5, 0.6) is 0 Å². The molecule has 0 bridgehead atoms. The molecule has 1 fully saturated rings. The summed E-state index contributed by atoms with van der Waals surface area (Å²) in [5.41, 5.74) is 1.72. The molecule has 0 saturated carbocycles. The van der Waals surface area contributed by atoms with Crippen LogP contribution in [0, 0.1) is 18.8 Å². The number of nitrogens with one attached hydrogen (secondary N) is 1. The second-order valence-electron chi connectivity index (χ2n) is 6.23. The van der Waals surface area contributed by atoms with Crippen molar-refractivity contribution in [2.45, 2.75) is 33.6 Å². The molecule has 0 radical (unpaired) electrons. The molecular formula is C17H23ClN2O2. The van der Waals surface area contributed by atoms with Gasteiger partial charge >= 0.3 is 0 Å². The third-order valence-electron chi connectivity index (χ3n) is 4.04. The Bertz CT molecular complexity index is 572. The van der Waals surface area contributed by atoms with Gasteiger partial charge in [-0.25, -0.2) is 0 Å². The Morgan fingerprint density at radius 3 is 2.73 bits per heavy atom. The zero-order valence-corrected chi connectivity index (χ0v) is 14.1. The maximum absolute atomic E-state index is 12.5. The number of hydrogen-bond donors (Lipinski definition) is 1. The van der Waals surface area contributed by atoms with Crippen LogP contribution in [0.3, 0.4) is 0 Å². The molecule has 22 heavy (non-hydrogen) atoms. The Hall–Kier alpha value is -1.55. The minimum Gasteiger partial charge on any atom is -0.342 e. The standard InChI is InChI=1S/C17H23ClN2O2/c1-11(2)17(22)20-8-4-5-13(10-20)16(21)19-15-7-6-14(18)9-12(15)3/h6-7,9,11,13H,4-5,8,10H2,1-3H3,(H,19,21)/t13-/m1/s1. The van der Waals surface area contributed by atoms with Gasteiger partial charge in [0.15, 0.2) is 0 Å². The van der Waals surface area contributed by atoms with E-state index in [9.17, 15) is 9.59 Å². The minimum absolute atomic E-state index is 0.0216. The highest BCUT2D eigenvalue weighted by atomic mass is 35.5. The molecule has 1 atom stereocenters. The summed E-state index contributed by atoms with van der Waals surface area (Å²) in [6.45, 7) is 6.96. The average Bonchev–Trinajstić information content (AvgIpc) is 2.49. The molecule has 1 aliphatic heterocycles. The van der Waals surface area contributed by atoms with E-state index in [4.69, 9.17) is 11.6 Å². The predicted molar refractivity (Wildman–Crippen MR) is 89.0 cm³/mol. The van der Waals surface area contributed by atoms with Crippen LogP contribution in [0.4, 0.5) is 5.69 Å². The van der Waals surface area contributed by atoms with Crippen LogP contribution in [0.25, 0.3) is 0 Å². The Kier molecular flexibility index (Phi) is 5.46. The summed E-state index contributed by atoms with van der Waals surface area (Å²) < 4.78 is 0. The summed E-state index contributed by atoms with van der Waals surface area (Å²) in [5, 5.41) is 3.61. The molecule has 2 amide bonds. The highest BCUT2D eigenvalue weighted by Gasteiger charge is 2.29. The molecule has 1 N–H and O–H groups in total. The first-order valence-electron chi connectivity index (χ1n) is 7.74. The molecule has 1 saturated heterocycles. The number of hydrogen-bond acceptors (Lipinski definition) is 2. The van der Waals surface area contributed by atoms with Gasteiger partial charge in [0.2, 0.25) is 11.8 Å². The Morgan fingerprint density at radius 2 is 2.09 bits per heavy atom. The van der Waals surface area contributed by atoms with Gasteiger partial charge in [-0.05, 0) is 43.5 Å². The van der Waals surface area contributed by atoms with Crippen LogP contribution in [0.15, 0.2) is 18.2 Å². The van der Waals surface area contributed by atoms with Crippen molar-refractivity contribution >= 4 is 29.1 Å². The molecule has 1 aromatic rings. The first-order chi connectivity index (χ1) is 10.4. The van der Waals surface area contributed by atoms with Gasteiger partial charge in [-0.1, -0.05) is 25.4 Å². The lowest BCUT2D eigenvalue weighted by Gasteiger charge is -2.33. The van der Waals surface area contributed by atoms with Gasteiger partial charge in [0.05, 0.1) is 5.92 Å². The molecule has 120 valence electrons. The van der Waals surface area contributed by atoms with E-state index in [0.29, 0.717) is 11.6 Å². The smallest absolute Gasteiger partial charge is 0.229 e. The maximum atomic E-state index is 12.5. The van der Waals surface area contributed by atoms with E-state index >= 15 is 0 Å². The van der Waals surface area contributed by atoms with Crippen molar-refractivity contribution in [3.05, 3.63) is 28.8 Å². The normalized spacial score (nSPS) is 18.4. The molecule has 1 heterocycles. The number of carbonyl (C=O) groups excluding carboxylic acids is 2. The van der Waals surface area contributed by atoms with Crippen molar-refractivity contribution in [3.63, 3.8) is 0 Å². The molecule has 0 aromatic heterocycles. The van der Waals surface area contributed by atoms with Gasteiger partial charge < -0.3 is 10.2 Å². The molecule has 1 aromatic carbocycles. The fourth-order valence-electron chi connectivity index (χ4n) is 2.76. The zero-order chi connectivity index (χ0) is 16.3. The number of amides is 2. The molecule has 0 unspecified atom stereocenters. The van der Waals surface area contributed by atoms with Crippen LogP contribution in [0.2, 0.25) is 5.02 Å². The number of benzene rings is 1. The van der Waals surface area contributed by atoms with E-state index < -0.39 is 0 Å². The summed E-state index contributed by atoms with van der Waals surface area (Å²) >= 11 is 5.93. The monoisotopic (exact) mass is 322 g/mol. The van der Waals surface area contributed by atoms with E-state index in [1.807, 2.05) is 37.8 Å². The highest BCUT2D eigenvalue weighted by molar-refractivity contribution is 6.30. The van der Waals surface area contributed by atoms with Crippen LogP contribution >= 0.6 is 11.6 Å². The van der Waals surface area contributed by atoms with E-state index in [1.54, 1.807) is 6.07 Å². The van der Waals surface area contributed by atoms with Crippen molar-refractivity contribution in [2.75, 3.05) is 18.4 Å². The quantitative estimate of drug-likeness (QED) is 0.926. The lowest BCUT2D eigenvalue weighted by molar-refractivity contribution is -0.137. The van der Waals surface area contributed by atoms with Crippen molar-refractivity contribution in [3.8, 4) is 0 Å². The fourth-order valence-corrected chi connectivity index (χ4v) is 2.99. The Labute approximate surface area is 136 Å². The molecule has 5 heteroatoms. The summed E-state index contributed by atoms with van der Waals surface area (Å²) in [6, 6.07) is 5.40. The maximum Gasteiger partial charge on any atom is 0.229 e. The van der Waals surface area contributed by atoms with Gasteiger partial charge in [0, 0.05) is 29.7 Å². The van der Waals surface area contributed by atoms with Crippen LogP contribution in [-0.4, -0.2) is 29.8 Å². The number of nitrogens with zero attached hydrogens (tertiary/aromatic N) is 1. The number of anilines is 1. The van der Waals surface area contributed by atoms with Gasteiger partial charge in [0.25, 0.3) is 0 Å². The van der Waals surface area contributed by atoms with Gasteiger partial charge in [-0.3, -0.25) is 9.59 Å². The molecule has 1 aliphatic rings. The van der Waals surface area contributed by atoms with E-state index in [-0.39, 0.29) is 23.7 Å². The Morgan fingerprint density at radius 1 is 1.36 bits per heavy atom. The van der Waals surface area contributed by atoms with Crippen LogP contribution in [0.1, 0.15) is 32.3 Å². The average molecular weight is 323 g/mol. The molecule has 0 spiro atoms. The largest absolute Gasteiger partial charge is 0.342 e. The summed E-state index contributed by atoms with van der Waals surface area (Å²) in [7, 11) is 0. The number of rotatable bonds is 3. The zero-order valence-electron chi connectivity index (χ0n) is 13.4. The lowest BCUT2D eigenvalue weighted by Crippen LogP contribution is -2.45. The van der Waals surface area contributed by atoms with Crippen molar-refractivity contribution in [1.29, 1.82) is 0 Å². The molecule has 2 rings (SSSR count). The number of piperidine rings is 1. The molecular weight excluding hydrogens is 300 g/mol. The second kappa shape index (κ2) is 7.14. The van der Waals surface area contributed by atoms with E-state index in [2.05, 4.69) is 5.32 Å². The third-order valence-corrected chi connectivity index (χ3v) is 4.28. The molecule has 0 aliphatic carbocycles. The minimum atomic E-state index is -0.147. The number of carbonyl (C=O) groups is 2.